The topological polar surface area (TPSA) is 24.1 Å². The van der Waals surface area contributed by atoms with Crippen LogP contribution >= 0.6 is 0 Å². The van der Waals surface area contributed by atoms with Crippen LogP contribution in [0.1, 0.15) is 20.8 Å². The molecule has 0 aliphatic heterocycles. The molecule has 0 radical (unpaired) electrons. The maximum Gasteiger partial charge on any atom is 0.0341 e. The van der Waals surface area contributed by atoms with E-state index >= 15 is 0 Å². The monoisotopic (exact) mass is 192 g/mol. The first-order chi connectivity index (χ1) is 6.72. The van der Waals surface area contributed by atoms with Crippen LogP contribution in [-0.4, -0.2) is 13.1 Å². The number of anilines is 2. The zero-order valence-electron chi connectivity index (χ0n) is 9.30. The van der Waals surface area contributed by atoms with Crippen LogP contribution in [0.4, 0.5) is 11.4 Å². The number of rotatable bonds is 5. The maximum atomic E-state index is 3.39. The van der Waals surface area contributed by atoms with E-state index in [1.165, 1.54) is 11.4 Å². The molecule has 0 aliphatic carbocycles. The summed E-state index contributed by atoms with van der Waals surface area (Å²) in [7, 11) is 0. The van der Waals surface area contributed by atoms with Gasteiger partial charge in [-0.2, -0.15) is 0 Å². The van der Waals surface area contributed by atoms with Gasteiger partial charge in [0.2, 0.25) is 0 Å². The zero-order valence-corrected chi connectivity index (χ0v) is 9.30. The van der Waals surface area contributed by atoms with Crippen molar-refractivity contribution in [1.29, 1.82) is 0 Å². The highest BCUT2D eigenvalue weighted by Crippen LogP contribution is 2.13. The molecule has 2 N–H and O–H groups in total. The summed E-state index contributed by atoms with van der Waals surface area (Å²) in [6.45, 7) is 8.52. The minimum atomic E-state index is 0.684. The van der Waals surface area contributed by atoms with Crippen molar-refractivity contribution in [2.45, 2.75) is 20.8 Å². The second-order valence-corrected chi connectivity index (χ2v) is 3.88. The molecule has 0 spiro atoms. The minimum absolute atomic E-state index is 0.684. The van der Waals surface area contributed by atoms with Crippen molar-refractivity contribution >= 4 is 11.4 Å². The highest BCUT2D eigenvalue weighted by molar-refractivity contribution is 5.53. The fourth-order valence-electron chi connectivity index (χ4n) is 1.23. The minimum Gasteiger partial charge on any atom is -0.385 e. The average molecular weight is 192 g/mol. The highest BCUT2D eigenvalue weighted by Gasteiger charge is 1.95. The van der Waals surface area contributed by atoms with Gasteiger partial charge in [0.15, 0.2) is 0 Å². The molecule has 0 fully saturated rings. The Morgan fingerprint density at radius 1 is 1.00 bits per heavy atom. The van der Waals surface area contributed by atoms with Gasteiger partial charge in [-0.15, -0.1) is 0 Å². The Bertz CT molecular complexity index is 252. The van der Waals surface area contributed by atoms with E-state index in [1.54, 1.807) is 0 Å². The molecule has 1 aromatic rings. The quantitative estimate of drug-likeness (QED) is 0.748. The maximum absolute atomic E-state index is 3.39. The summed E-state index contributed by atoms with van der Waals surface area (Å²) in [6.07, 6.45) is 0. The lowest BCUT2D eigenvalue weighted by Gasteiger charge is -2.09. The van der Waals surface area contributed by atoms with Crippen molar-refractivity contribution < 1.29 is 0 Å². The normalized spacial score (nSPS) is 10.3. The largest absolute Gasteiger partial charge is 0.385 e. The van der Waals surface area contributed by atoms with Crippen molar-refractivity contribution in [2.24, 2.45) is 5.92 Å². The van der Waals surface area contributed by atoms with Gasteiger partial charge in [0.1, 0.15) is 0 Å². The van der Waals surface area contributed by atoms with E-state index < -0.39 is 0 Å². The first-order valence-electron chi connectivity index (χ1n) is 5.30. The fourth-order valence-corrected chi connectivity index (χ4v) is 1.23. The Balaban J connectivity index is 2.46. The number of nitrogens with one attached hydrogen (secondary N) is 2. The van der Waals surface area contributed by atoms with Crippen LogP contribution in [0.15, 0.2) is 24.3 Å². The molecule has 0 saturated carbocycles. The molecule has 0 saturated heterocycles. The lowest BCUT2D eigenvalue weighted by atomic mass is 10.2. The van der Waals surface area contributed by atoms with Crippen molar-refractivity contribution in [2.75, 3.05) is 23.7 Å². The summed E-state index contributed by atoms with van der Waals surface area (Å²) in [5.41, 5.74) is 2.38. The van der Waals surface area contributed by atoms with Gasteiger partial charge in [-0.3, -0.25) is 0 Å². The zero-order chi connectivity index (χ0) is 10.4. The molecule has 2 heteroatoms. The van der Waals surface area contributed by atoms with E-state index in [0.29, 0.717) is 5.92 Å². The van der Waals surface area contributed by atoms with Crippen molar-refractivity contribution in [1.82, 2.24) is 0 Å². The fraction of sp³-hybridized carbons (Fsp3) is 0.500. The highest BCUT2D eigenvalue weighted by atomic mass is 14.9. The third-order valence-corrected chi connectivity index (χ3v) is 1.98. The molecule has 1 rings (SSSR count). The van der Waals surface area contributed by atoms with E-state index in [-0.39, 0.29) is 0 Å². The first-order valence-corrected chi connectivity index (χ1v) is 5.30. The van der Waals surface area contributed by atoms with Crippen molar-refractivity contribution in [3.63, 3.8) is 0 Å². The second-order valence-electron chi connectivity index (χ2n) is 3.88. The average Bonchev–Trinajstić information content (AvgIpc) is 2.17. The molecule has 0 unspecified atom stereocenters. The van der Waals surface area contributed by atoms with Crippen LogP contribution in [0.25, 0.3) is 0 Å². The van der Waals surface area contributed by atoms with Gasteiger partial charge in [-0.25, -0.2) is 0 Å². The second kappa shape index (κ2) is 5.53. The van der Waals surface area contributed by atoms with Gasteiger partial charge in [-0.1, -0.05) is 13.8 Å². The Morgan fingerprint density at radius 3 is 1.93 bits per heavy atom. The van der Waals surface area contributed by atoms with Crippen LogP contribution in [0.3, 0.4) is 0 Å². The Labute approximate surface area is 86.7 Å². The van der Waals surface area contributed by atoms with E-state index in [4.69, 9.17) is 0 Å². The lowest BCUT2D eigenvalue weighted by Crippen LogP contribution is -2.07. The molecule has 0 heterocycles. The molecule has 14 heavy (non-hydrogen) atoms. The van der Waals surface area contributed by atoms with Crippen LogP contribution in [-0.2, 0) is 0 Å². The summed E-state index contributed by atoms with van der Waals surface area (Å²) >= 11 is 0. The predicted molar refractivity (Wildman–Crippen MR) is 63.9 cm³/mol. The van der Waals surface area contributed by atoms with Crippen LogP contribution in [0.2, 0.25) is 0 Å². The van der Waals surface area contributed by atoms with E-state index in [1.807, 2.05) is 0 Å². The molecule has 0 aliphatic rings. The van der Waals surface area contributed by atoms with Crippen LogP contribution in [0.5, 0.6) is 0 Å². The van der Waals surface area contributed by atoms with Gasteiger partial charge in [0, 0.05) is 24.5 Å². The SMILES string of the molecule is CCNc1ccc(NCC(C)C)cc1. The Hall–Kier alpha value is -1.18. The van der Waals surface area contributed by atoms with E-state index in [2.05, 4.69) is 55.7 Å². The van der Waals surface area contributed by atoms with Gasteiger partial charge in [-0.05, 0) is 37.1 Å². The molecule has 0 atom stereocenters. The van der Waals surface area contributed by atoms with Gasteiger partial charge in [0.25, 0.3) is 0 Å². The van der Waals surface area contributed by atoms with Crippen LogP contribution in [0, 0.1) is 5.92 Å². The standard InChI is InChI=1S/C12H20N2/c1-4-13-11-5-7-12(8-6-11)14-9-10(2)3/h5-8,10,13-14H,4,9H2,1-3H3. The third kappa shape index (κ3) is 3.69. The van der Waals surface area contributed by atoms with Gasteiger partial charge in [0.05, 0.1) is 0 Å². The summed E-state index contributed by atoms with van der Waals surface area (Å²) in [6, 6.07) is 8.43. The van der Waals surface area contributed by atoms with Crippen LogP contribution < -0.4 is 10.6 Å². The number of benzene rings is 1. The molecule has 0 bridgehead atoms. The summed E-state index contributed by atoms with van der Waals surface area (Å²) < 4.78 is 0. The third-order valence-electron chi connectivity index (χ3n) is 1.98. The van der Waals surface area contributed by atoms with Gasteiger partial charge < -0.3 is 10.6 Å². The van der Waals surface area contributed by atoms with E-state index in [9.17, 15) is 0 Å². The molecular weight excluding hydrogens is 172 g/mol. The predicted octanol–water partition coefficient (Wildman–Crippen LogP) is 3.19. The summed E-state index contributed by atoms with van der Waals surface area (Å²) in [5, 5.41) is 6.66. The number of hydrogen-bond donors (Lipinski definition) is 2. The molecular formula is C12H20N2. The first kappa shape index (κ1) is 10.9. The summed E-state index contributed by atoms with van der Waals surface area (Å²) in [4.78, 5) is 0. The van der Waals surface area contributed by atoms with Crippen molar-refractivity contribution in [3.8, 4) is 0 Å². The number of hydrogen-bond acceptors (Lipinski definition) is 2. The molecule has 1 aromatic carbocycles. The molecule has 2 nitrogen and oxygen atoms in total. The Kier molecular flexibility index (Phi) is 4.30. The van der Waals surface area contributed by atoms with Gasteiger partial charge >= 0.3 is 0 Å². The molecule has 0 aromatic heterocycles. The summed E-state index contributed by atoms with van der Waals surface area (Å²) in [5.74, 6) is 0.684. The molecule has 78 valence electrons. The smallest absolute Gasteiger partial charge is 0.0341 e. The van der Waals surface area contributed by atoms with E-state index in [0.717, 1.165) is 13.1 Å². The molecule has 0 amide bonds. The lowest BCUT2D eigenvalue weighted by molar-refractivity contribution is 0.689. The Morgan fingerprint density at radius 2 is 1.50 bits per heavy atom. The van der Waals surface area contributed by atoms with Crippen molar-refractivity contribution in [3.05, 3.63) is 24.3 Å².